The molecule has 142 valence electrons. The lowest BCUT2D eigenvalue weighted by molar-refractivity contribution is -0.123. The lowest BCUT2D eigenvalue weighted by Gasteiger charge is -2.12. The Kier molecular flexibility index (Phi) is 4.32. The fourth-order valence-corrected chi connectivity index (χ4v) is 3.83. The van der Waals surface area contributed by atoms with Gasteiger partial charge in [-0.2, -0.15) is 0 Å². The molecule has 28 heavy (non-hydrogen) atoms. The zero-order chi connectivity index (χ0) is 19.7. The maximum atomic E-state index is 12.8. The van der Waals surface area contributed by atoms with Crippen LogP contribution in [0.4, 0.5) is 17.1 Å². The van der Waals surface area contributed by atoms with Crippen molar-refractivity contribution in [3.8, 4) is 11.3 Å². The molecule has 2 aromatic carbocycles. The number of benzene rings is 2. The lowest BCUT2D eigenvalue weighted by Crippen LogP contribution is -2.16. The predicted molar refractivity (Wildman–Crippen MR) is 101 cm³/mol. The minimum atomic E-state index is -3.94. The highest BCUT2D eigenvalue weighted by Crippen LogP contribution is 2.29. The van der Waals surface area contributed by atoms with E-state index in [0.717, 1.165) is 0 Å². The number of carbonyl (C=O) groups excluding carboxylic acids is 2. The highest BCUT2D eigenvalue weighted by atomic mass is 32.2. The summed E-state index contributed by atoms with van der Waals surface area (Å²) in [4.78, 5) is 23.2. The van der Waals surface area contributed by atoms with Crippen molar-refractivity contribution in [3.63, 3.8) is 0 Å². The molecule has 1 aliphatic rings. The van der Waals surface area contributed by atoms with Crippen molar-refractivity contribution in [2.75, 3.05) is 15.4 Å². The van der Waals surface area contributed by atoms with Crippen molar-refractivity contribution < 1.29 is 22.5 Å². The summed E-state index contributed by atoms with van der Waals surface area (Å²) < 4.78 is 33.1. The van der Waals surface area contributed by atoms with Gasteiger partial charge in [0.25, 0.3) is 10.0 Å². The van der Waals surface area contributed by atoms with Gasteiger partial charge in [-0.1, -0.05) is 17.3 Å². The Hall–Kier alpha value is -3.66. The van der Waals surface area contributed by atoms with Crippen molar-refractivity contribution in [1.29, 1.82) is 0 Å². The number of anilines is 3. The summed E-state index contributed by atoms with van der Waals surface area (Å²) in [5.74, 6) is -0.475. The average Bonchev–Trinajstić information content (AvgIpc) is 3.12. The number of hydrogen-bond acceptors (Lipinski definition) is 6. The maximum absolute atomic E-state index is 12.8. The first-order valence-corrected chi connectivity index (χ1v) is 9.67. The van der Waals surface area contributed by atoms with E-state index in [2.05, 4.69) is 20.5 Å². The molecule has 4 rings (SSSR count). The normalized spacial score (nSPS) is 13.9. The molecule has 0 radical (unpaired) electrons. The molecule has 1 aliphatic heterocycles. The highest BCUT2D eigenvalue weighted by molar-refractivity contribution is 7.92. The molecular formula is C18H14N4O5S. The monoisotopic (exact) mass is 398 g/mol. The molecule has 0 saturated heterocycles. The van der Waals surface area contributed by atoms with Crippen LogP contribution in [0.5, 0.6) is 0 Å². The molecule has 0 unspecified atom stereocenters. The van der Waals surface area contributed by atoms with Gasteiger partial charge in [-0.15, -0.1) is 0 Å². The predicted octanol–water partition coefficient (Wildman–Crippen LogP) is 2.42. The summed E-state index contributed by atoms with van der Waals surface area (Å²) in [7, 11) is -3.94. The van der Waals surface area contributed by atoms with Crippen LogP contribution in [0.25, 0.3) is 11.3 Å². The first-order chi connectivity index (χ1) is 13.4. The Morgan fingerprint density at radius 3 is 2.50 bits per heavy atom. The van der Waals surface area contributed by atoms with Gasteiger partial charge in [0.1, 0.15) is 6.42 Å². The van der Waals surface area contributed by atoms with Gasteiger partial charge in [-0.05, 0) is 30.3 Å². The van der Waals surface area contributed by atoms with Gasteiger partial charge in [0.05, 0.1) is 22.5 Å². The average molecular weight is 398 g/mol. The number of carbonyl (C=O) groups is 2. The molecule has 3 aromatic rings. The Labute approximate surface area is 159 Å². The fourth-order valence-electron chi connectivity index (χ4n) is 2.75. The molecule has 0 saturated carbocycles. The summed E-state index contributed by atoms with van der Waals surface area (Å²) in [6, 6.07) is 12.4. The summed E-state index contributed by atoms with van der Waals surface area (Å²) in [6.07, 6.45) is 1.17. The van der Waals surface area contributed by atoms with E-state index in [-0.39, 0.29) is 17.0 Å². The van der Waals surface area contributed by atoms with Crippen LogP contribution in [-0.2, 0) is 19.6 Å². The Balaban J connectivity index is 1.64. The zero-order valence-corrected chi connectivity index (χ0v) is 15.1. The molecular weight excluding hydrogens is 384 g/mol. The van der Waals surface area contributed by atoms with Gasteiger partial charge in [0, 0.05) is 17.3 Å². The molecule has 0 bridgehead atoms. The van der Waals surface area contributed by atoms with Gasteiger partial charge in [-0.3, -0.25) is 14.3 Å². The molecule has 2 amide bonds. The largest absolute Gasteiger partial charge is 0.356 e. The minimum absolute atomic E-state index is 0.0623. The van der Waals surface area contributed by atoms with E-state index in [0.29, 0.717) is 22.7 Å². The number of fused-ring (bicyclic) bond motifs is 1. The van der Waals surface area contributed by atoms with Crippen molar-refractivity contribution >= 4 is 38.9 Å². The van der Waals surface area contributed by atoms with Crippen LogP contribution in [0.15, 0.2) is 64.1 Å². The number of hydrogen-bond donors (Lipinski definition) is 3. The third-order valence-corrected chi connectivity index (χ3v) is 5.39. The molecule has 0 aliphatic carbocycles. The number of sulfonamides is 1. The second-order valence-corrected chi connectivity index (χ2v) is 7.73. The van der Waals surface area contributed by atoms with Crippen LogP contribution in [-0.4, -0.2) is 25.4 Å². The number of aromatic nitrogens is 1. The van der Waals surface area contributed by atoms with E-state index < -0.39 is 21.8 Å². The van der Waals surface area contributed by atoms with Crippen LogP contribution in [0.3, 0.4) is 0 Å². The molecule has 0 fully saturated rings. The molecule has 9 nitrogen and oxygen atoms in total. The summed E-state index contributed by atoms with van der Waals surface area (Å²) in [5.41, 5.74) is 1.55. The lowest BCUT2D eigenvalue weighted by atomic mass is 10.1. The van der Waals surface area contributed by atoms with Gasteiger partial charge < -0.3 is 15.2 Å². The van der Waals surface area contributed by atoms with E-state index in [1.165, 1.54) is 24.4 Å². The van der Waals surface area contributed by atoms with Crippen LogP contribution < -0.4 is 15.4 Å². The number of nitrogens with zero attached hydrogens (tertiary/aromatic N) is 1. The topological polar surface area (TPSA) is 130 Å². The summed E-state index contributed by atoms with van der Waals surface area (Å²) >= 11 is 0. The van der Waals surface area contributed by atoms with Gasteiger partial charge in [0.15, 0.2) is 5.76 Å². The zero-order valence-electron chi connectivity index (χ0n) is 14.3. The third-order valence-electron chi connectivity index (χ3n) is 4.01. The first-order valence-electron chi connectivity index (χ1n) is 8.18. The second kappa shape index (κ2) is 6.82. The van der Waals surface area contributed by atoms with Crippen LogP contribution in [0.2, 0.25) is 0 Å². The summed E-state index contributed by atoms with van der Waals surface area (Å²) in [5, 5.41) is 8.71. The molecule has 2 heterocycles. The molecule has 3 N–H and O–H groups in total. The number of amides is 2. The quantitative estimate of drug-likeness (QED) is 0.579. The Morgan fingerprint density at radius 2 is 1.75 bits per heavy atom. The fraction of sp³-hybridized carbons (Fsp3) is 0.0556. The van der Waals surface area contributed by atoms with Crippen LogP contribution >= 0.6 is 0 Å². The summed E-state index contributed by atoms with van der Waals surface area (Å²) in [6.45, 7) is 0. The van der Waals surface area contributed by atoms with Crippen molar-refractivity contribution in [2.24, 2.45) is 0 Å². The smallest absolute Gasteiger partial charge is 0.261 e. The van der Waals surface area contributed by atoms with E-state index in [4.69, 9.17) is 4.52 Å². The second-order valence-electron chi connectivity index (χ2n) is 6.04. The molecule has 10 heteroatoms. The van der Waals surface area contributed by atoms with Gasteiger partial charge in [0.2, 0.25) is 11.8 Å². The van der Waals surface area contributed by atoms with E-state index in [9.17, 15) is 18.0 Å². The van der Waals surface area contributed by atoms with E-state index in [1.54, 1.807) is 30.3 Å². The molecule has 0 spiro atoms. The molecule has 0 atom stereocenters. The number of rotatable bonds is 4. The van der Waals surface area contributed by atoms with Gasteiger partial charge in [-0.25, -0.2) is 8.42 Å². The minimum Gasteiger partial charge on any atom is -0.356 e. The SMILES string of the molecule is O=C1CC(=O)Nc2cc(S(=O)(=O)Nc3cccc(-c4ccno4)c3)ccc2N1. The standard InChI is InChI=1S/C18H14N4O5S/c23-17-10-18(24)21-15-9-13(4-5-14(15)20-17)28(25,26)22-12-3-1-2-11(8-12)16-6-7-19-27-16/h1-9,22H,10H2,(H,20,23)(H,21,24). The van der Waals surface area contributed by atoms with E-state index >= 15 is 0 Å². The molecule has 1 aromatic heterocycles. The van der Waals surface area contributed by atoms with E-state index in [1.807, 2.05) is 0 Å². The van der Waals surface area contributed by atoms with Crippen molar-refractivity contribution in [2.45, 2.75) is 11.3 Å². The third kappa shape index (κ3) is 3.58. The highest BCUT2D eigenvalue weighted by Gasteiger charge is 2.22. The maximum Gasteiger partial charge on any atom is 0.261 e. The Morgan fingerprint density at radius 1 is 0.964 bits per heavy atom. The van der Waals surface area contributed by atoms with Crippen molar-refractivity contribution in [1.82, 2.24) is 5.16 Å². The first kappa shape index (κ1) is 17.7. The van der Waals surface area contributed by atoms with Gasteiger partial charge >= 0.3 is 0 Å². The Bertz CT molecular complexity index is 1170. The van der Waals surface area contributed by atoms with Crippen molar-refractivity contribution in [3.05, 3.63) is 54.7 Å². The van der Waals surface area contributed by atoms with Crippen LogP contribution in [0.1, 0.15) is 6.42 Å². The number of nitrogens with one attached hydrogen (secondary N) is 3. The van der Waals surface area contributed by atoms with Crippen LogP contribution in [0, 0.1) is 0 Å².